The summed E-state index contributed by atoms with van der Waals surface area (Å²) in [4.78, 5) is 2.77. The Labute approximate surface area is 99.8 Å². The predicted molar refractivity (Wildman–Crippen MR) is 67.5 cm³/mol. The maximum absolute atomic E-state index is 3.56. The molecule has 1 aliphatic heterocycles. The van der Waals surface area contributed by atoms with Gasteiger partial charge in [0.25, 0.3) is 0 Å². The molecule has 2 heteroatoms. The van der Waals surface area contributed by atoms with E-state index < -0.39 is 0 Å². The average molecular weight is 222 g/mol. The molecule has 3 unspecified atom stereocenters. The second kappa shape index (κ2) is 4.66. The Morgan fingerprint density at radius 1 is 1.06 bits per heavy atom. The summed E-state index contributed by atoms with van der Waals surface area (Å²) < 4.78 is 0. The van der Waals surface area contributed by atoms with E-state index in [1.54, 1.807) is 0 Å². The molecule has 1 N–H and O–H groups in total. The van der Waals surface area contributed by atoms with Gasteiger partial charge in [-0.15, -0.1) is 0 Å². The first kappa shape index (κ1) is 11.0. The smallest absolute Gasteiger partial charge is 0.0167 e. The Morgan fingerprint density at radius 3 is 2.69 bits per heavy atom. The van der Waals surface area contributed by atoms with Gasteiger partial charge in [-0.1, -0.05) is 12.8 Å². The van der Waals surface area contributed by atoms with E-state index >= 15 is 0 Å². The molecule has 3 fully saturated rings. The van der Waals surface area contributed by atoms with E-state index in [1.165, 1.54) is 58.2 Å². The van der Waals surface area contributed by atoms with E-state index in [1.807, 2.05) is 0 Å². The van der Waals surface area contributed by atoms with Crippen LogP contribution in [0.25, 0.3) is 0 Å². The highest BCUT2D eigenvalue weighted by atomic mass is 15.2. The zero-order chi connectivity index (χ0) is 11.0. The molecule has 0 aromatic carbocycles. The number of hydrogen-bond donors (Lipinski definition) is 1. The molecule has 2 nitrogen and oxygen atoms in total. The Hall–Kier alpha value is -0.0800. The number of nitrogens with zero attached hydrogens (tertiary/aromatic N) is 1. The highest BCUT2D eigenvalue weighted by Gasteiger charge is 2.36. The van der Waals surface area contributed by atoms with Gasteiger partial charge in [0.15, 0.2) is 0 Å². The van der Waals surface area contributed by atoms with Crippen molar-refractivity contribution in [1.82, 2.24) is 10.2 Å². The molecule has 1 heterocycles. The van der Waals surface area contributed by atoms with Crippen LogP contribution in [0.1, 0.15) is 45.4 Å². The maximum atomic E-state index is 3.56. The van der Waals surface area contributed by atoms with Crippen LogP contribution in [0.3, 0.4) is 0 Å². The van der Waals surface area contributed by atoms with Crippen LogP contribution in [0.5, 0.6) is 0 Å². The molecule has 1 saturated heterocycles. The van der Waals surface area contributed by atoms with Crippen LogP contribution in [-0.2, 0) is 0 Å². The van der Waals surface area contributed by atoms with Crippen molar-refractivity contribution in [3.8, 4) is 0 Å². The molecule has 3 aliphatic rings. The van der Waals surface area contributed by atoms with Crippen LogP contribution >= 0.6 is 0 Å². The molecule has 2 aliphatic carbocycles. The maximum Gasteiger partial charge on any atom is 0.0167 e. The van der Waals surface area contributed by atoms with Crippen molar-refractivity contribution < 1.29 is 0 Å². The van der Waals surface area contributed by atoms with Gasteiger partial charge in [0.1, 0.15) is 0 Å². The average Bonchev–Trinajstić information content (AvgIpc) is 3.13. The first-order valence-electron chi connectivity index (χ1n) is 7.30. The SMILES string of the molecule is CC1CN(C2CCCC(C3CC3)C2)CCN1. The fourth-order valence-corrected chi connectivity index (χ4v) is 3.82. The Balaban J connectivity index is 1.56. The van der Waals surface area contributed by atoms with Crippen molar-refractivity contribution >= 4 is 0 Å². The molecule has 3 atom stereocenters. The summed E-state index contributed by atoms with van der Waals surface area (Å²) in [5, 5.41) is 3.56. The summed E-state index contributed by atoms with van der Waals surface area (Å²) in [7, 11) is 0. The Kier molecular flexibility index (Phi) is 3.21. The van der Waals surface area contributed by atoms with Crippen molar-refractivity contribution in [3.63, 3.8) is 0 Å². The minimum Gasteiger partial charge on any atom is -0.312 e. The molecular formula is C14H26N2. The summed E-state index contributed by atoms with van der Waals surface area (Å²) in [5.74, 6) is 2.21. The Bertz CT molecular complexity index is 237. The number of nitrogens with one attached hydrogen (secondary N) is 1. The van der Waals surface area contributed by atoms with Crippen molar-refractivity contribution in [2.75, 3.05) is 19.6 Å². The molecule has 3 rings (SSSR count). The van der Waals surface area contributed by atoms with Crippen molar-refractivity contribution in [2.45, 2.75) is 57.5 Å². The van der Waals surface area contributed by atoms with E-state index in [0.29, 0.717) is 6.04 Å². The van der Waals surface area contributed by atoms with Gasteiger partial charge in [-0.05, 0) is 44.4 Å². The van der Waals surface area contributed by atoms with Gasteiger partial charge in [0.05, 0.1) is 0 Å². The zero-order valence-electron chi connectivity index (χ0n) is 10.6. The van der Waals surface area contributed by atoms with Gasteiger partial charge in [0.2, 0.25) is 0 Å². The second-order valence-electron chi connectivity index (χ2n) is 6.27. The number of hydrogen-bond acceptors (Lipinski definition) is 2. The number of rotatable bonds is 2. The third kappa shape index (κ3) is 2.43. The van der Waals surface area contributed by atoms with Gasteiger partial charge in [-0.3, -0.25) is 4.90 Å². The van der Waals surface area contributed by atoms with E-state index in [2.05, 4.69) is 17.1 Å². The molecule has 16 heavy (non-hydrogen) atoms. The summed E-state index contributed by atoms with van der Waals surface area (Å²) in [6, 6.07) is 1.62. The lowest BCUT2D eigenvalue weighted by molar-refractivity contribution is 0.0949. The van der Waals surface area contributed by atoms with Crippen LogP contribution in [0, 0.1) is 11.8 Å². The van der Waals surface area contributed by atoms with E-state index in [9.17, 15) is 0 Å². The fourth-order valence-electron chi connectivity index (χ4n) is 3.82. The third-order valence-electron chi connectivity index (χ3n) is 4.89. The quantitative estimate of drug-likeness (QED) is 0.771. The summed E-state index contributed by atoms with van der Waals surface area (Å²) in [5.41, 5.74) is 0. The highest BCUT2D eigenvalue weighted by Crippen LogP contribution is 2.44. The molecule has 0 aromatic heterocycles. The normalized spacial score (nSPS) is 42.2. The topological polar surface area (TPSA) is 15.3 Å². The van der Waals surface area contributed by atoms with Crippen LogP contribution in [0.15, 0.2) is 0 Å². The fraction of sp³-hybridized carbons (Fsp3) is 1.00. The van der Waals surface area contributed by atoms with Gasteiger partial charge in [-0.25, -0.2) is 0 Å². The van der Waals surface area contributed by atoms with Gasteiger partial charge < -0.3 is 5.32 Å². The largest absolute Gasteiger partial charge is 0.312 e. The second-order valence-corrected chi connectivity index (χ2v) is 6.27. The molecule has 0 amide bonds. The van der Waals surface area contributed by atoms with E-state index in [-0.39, 0.29) is 0 Å². The molecular weight excluding hydrogens is 196 g/mol. The lowest BCUT2D eigenvalue weighted by Crippen LogP contribution is -2.53. The van der Waals surface area contributed by atoms with Gasteiger partial charge in [-0.2, -0.15) is 0 Å². The minimum atomic E-state index is 0.704. The zero-order valence-corrected chi connectivity index (χ0v) is 10.6. The van der Waals surface area contributed by atoms with Crippen molar-refractivity contribution in [2.24, 2.45) is 11.8 Å². The van der Waals surface area contributed by atoms with Gasteiger partial charge >= 0.3 is 0 Å². The molecule has 0 aromatic rings. The summed E-state index contributed by atoms with van der Waals surface area (Å²) in [6.45, 7) is 6.09. The lowest BCUT2D eigenvalue weighted by atomic mass is 9.82. The molecule has 0 bridgehead atoms. The monoisotopic (exact) mass is 222 g/mol. The highest BCUT2D eigenvalue weighted by molar-refractivity contribution is 4.90. The van der Waals surface area contributed by atoms with Crippen molar-refractivity contribution in [3.05, 3.63) is 0 Å². The standard InChI is InChI=1S/C14H26N2/c1-11-10-16(8-7-15-11)14-4-2-3-13(9-14)12-5-6-12/h11-15H,2-10H2,1H3. The Morgan fingerprint density at radius 2 is 1.94 bits per heavy atom. The first-order chi connectivity index (χ1) is 7.83. The number of piperazine rings is 1. The third-order valence-corrected chi connectivity index (χ3v) is 4.89. The summed E-state index contributed by atoms with van der Waals surface area (Å²) in [6.07, 6.45) is 9.07. The lowest BCUT2D eigenvalue weighted by Gasteiger charge is -2.41. The van der Waals surface area contributed by atoms with Gasteiger partial charge in [0, 0.05) is 31.7 Å². The van der Waals surface area contributed by atoms with E-state index in [0.717, 1.165) is 17.9 Å². The molecule has 2 saturated carbocycles. The van der Waals surface area contributed by atoms with E-state index in [4.69, 9.17) is 0 Å². The van der Waals surface area contributed by atoms with Crippen LogP contribution in [0.2, 0.25) is 0 Å². The molecule has 0 spiro atoms. The van der Waals surface area contributed by atoms with Crippen LogP contribution in [-0.4, -0.2) is 36.6 Å². The minimum absolute atomic E-state index is 0.704. The van der Waals surface area contributed by atoms with Crippen LogP contribution in [0.4, 0.5) is 0 Å². The molecule has 0 radical (unpaired) electrons. The summed E-state index contributed by atoms with van der Waals surface area (Å²) >= 11 is 0. The van der Waals surface area contributed by atoms with Crippen LogP contribution < -0.4 is 5.32 Å². The first-order valence-corrected chi connectivity index (χ1v) is 7.30. The predicted octanol–water partition coefficient (Wildman–Crippen LogP) is 2.25. The molecule has 92 valence electrons. The van der Waals surface area contributed by atoms with Crippen molar-refractivity contribution in [1.29, 1.82) is 0 Å².